The van der Waals surface area contributed by atoms with Gasteiger partial charge in [0.1, 0.15) is 5.75 Å². The second kappa shape index (κ2) is 8.50. The van der Waals surface area contributed by atoms with Crippen molar-refractivity contribution in [1.29, 1.82) is 0 Å². The molecule has 0 radical (unpaired) electrons. The van der Waals surface area contributed by atoms with E-state index >= 15 is 0 Å². The van der Waals surface area contributed by atoms with Crippen LogP contribution in [-0.2, 0) is 4.79 Å². The van der Waals surface area contributed by atoms with Gasteiger partial charge >= 0.3 is 0 Å². The molecule has 3 aromatic carbocycles. The number of benzene rings is 3. The lowest BCUT2D eigenvalue weighted by Crippen LogP contribution is -2.28. The number of hydrogen-bond donors (Lipinski definition) is 1. The first-order valence-corrected chi connectivity index (χ1v) is 11.0. The lowest BCUT2D eigenvalue weighted by atomic mass is 10.2. The average Bonchev–Trinajstić information content (AvgIpc) is 2.99. The topological polar surface area (TPSA) is 52.9 Å². The summed E-state index contributed by atoms with van der Waals surface area (Å²) in [5.41, 5.74) is 4.47. The molecule has 1 fully saturated rings. The summed E-state index contributed by atoms with van der Waals surface area (Å²) in [7, 11) is 0. The number of nitrogens with zero attached hydrogens (tertiary/aromatic N) is 2. The fourth-order valence-electron chi connectivity index (χ4n) is 3.13. The van der Waals surface area contributed by atoms with E-state index in [2.05, 4.69) is 15.9 Å². The number of rotatable bonds is 3. The highest BCUT2D eigenvalue weighted by molar-refractivity contribution is 9.10. The van der Waals surface area contributed by atoms with Gasteiger partial charge in [0.05, 0.1) is 16.3 Å². The van der Waals surface area contributed by atoms with Crippen molar-refractivity contribution in [2.24, 2.45) is 4.99 Å². The van der Waals surface area contributed by atoms with Gasteiger partial charge in [-0.15, -0.1) is 0 Å². The number of phenolic OH excluding ortho intramolecular Hbond substituents is 1. The van der Waals surface area contributed by atoms with Gasteiger partial charge in [0.2, 0.25) is 0 Å². The van der Waals surface area contributed by atoms with Crippen LogP contribution in [0.3, 0.4) is 0 Å². The molecule has 1 heterocycles. The normalized spacial score (nSPS) is 16.6. The molecule has 4 rings (SSSR count). The molecular formula is C24H19BrN2O2S. The Hall–Kier alpha value is -2.83. The maximum absolute atomic E-state index is 13.4. The van der Waals surface area contributed by atoms with E-state index in [1.54, 1.807) is 29.2 Å². The van der Waals surface area contributed by atoms with E-state index < -0.39 is 0 Å². The number of phenols is 1. The van der Waals surface area contributed by atoms with Crippen molar-refractivity contribution in [3.05, 3.63) is 92.8 Å². The number of anilines is 1. The number of halogens is 1. The Morgan fingerprint density at radius 1 is 1.00 bits per heavy atom. The van der Waals surface area contributed by atoms with E-state index in [9.17, 15) is 9.90 Å². The number of aryl methyl sites for hydroxylation is 2. The third kappa shape index (κ3) is 4.35. The number of aliphatic imine (C=N–C) groups is 1. The van der Waals surface area contributed by atoms with Crippen molar-refractivity contribution < 1.29 is 9.90 Å². The predicted molar refractivity (Wildman–Crippen MR) is 128 cm³/mol. The maximum Gasteiger partial charge on any atom is 0.271 e. The van der Waals surface area contributed by atoms with Crippen LogP contribution < -0.4 is 4.90 Å². The van der Waals surface area contributed by atoms with E-state index in [1.165, 1.54) is 11.8 Å². The number of hydrogen-bond acceptors (Lipinski definition) is 4. The summed E-state index contributed by atoms with van der Waals surface area (Å²) in [5.74, 6) is -0.00284. The van der Waals surface area contributed by atoms with Gasteiger partial charge in [-0.3, -0.25) is 9.69 Å². The highest BCUT2D eigenvalue weighted by Crippen LogP contribution is 2.38. The Bertz CT molecular complexity index is 1200. The molecule has 1 amide bonds. The summed E-state index contributed by atoms with van der Waals surface area (Å²) in [6.45, 7) is 4.01. The smallest absolute Gasteiger partial charge is 0.271 e. The SMILES string of the molecule is Cc1cccc(N=C2S/C(=C/c3cc(O)ccc3Br)C(=O)N2c2cccc(C)c2)c1. The zero-order valence-corrected chi connectivity index (χ0v) is 18.9. The van der Waals surface area contributed by atoms with Crippen LogP contribution in [0.2, 0.25) is 0 Å². The number of carbonyl (C=O) groups is 1. The predicted octanol–water partition coefficient (Wildman–Crippen LogP) is 6.58. The average molecular weight is 479 g/mol. The first kappa shape index (κ1) is 20.4. The zero-order valence-electron chi connectivity index (χ0n) is 16.5. The molecule has 0 unspecified atom stereocenters. The van der Waals surface area contributed by atoms with Crippen LogP contribution in [0.5, 0.6) is 5.75 Å². The highest BCUT2D eigenvalue weighted by Gasteiger charge is 2.35. The lowest BCUT2D eigenvalue weighted by Gasteiger charge is -2.16. The minimum Gasteiger partial charge on any atom is -0.508 e. The lowest BCUT2D eigenvalue weighted by molar-refractivity contribution is -0.113. The monoisotopic (exact) mass is 478 g/mol. The van der Waals surface area contributed by atoms with Crippen molar-refractivity contribution in [3.8, 4) is 5.75 Å². The Kier molecular flexibility index (Phi) is 5.79. The molecule has 6 heteroatoms. The Morgan fingerprint density at radius 3 is 2.47 bits per heavy atom. The second-order valence-corrected chi connectivity index (χ2v) is 8.89. The Labute approximate surface area is 188 Å². The van der Waals surface area contributed by atoms with Crippen LogP contribution in [0.25, 0.3) is 6.08 Å². The summed E-state index contributed by atoms with van der Waals surface area (Å²) in [5, 5.41) is 10.4. The number of amidine groups is 1. The molecule has 1 saturated heterocycles. The van der Waals surface area contributed by atoms with Crippen molar-refractivity contribution in [1.82, 2.24) is 0 Å². The minimum absolute atomic E-state index is 0.143. The standard InChI is InChI=1S/C24H19BrN2O2S/c1-15-5-3-7-18(11-15)26-24-27(19-8-4-6-16(2)12-19)23(29)22(30-24)14-17-13-20(28)9-10-21(17)25/h3-14,28H,1-2H3/b22-14+,26-24?. The molecule has 1 N–H and O–H groups in total. The molecule has 0 aromatic heterocycles. The second-order valence-electron chi connectivity index (χ2n) is 7.03. The molecule has 30 heavy (non-hydrogen) atoms. The number of carbonyl (C=O) groups excluding carboxylic acids is 1. The van der Waals surface area contributed by atoms with Gasteiger partial charge in [-0.05, 0) is 90.8 Å². The number of aromatic hydroxyl groups is 1. The number of thioether (sulfide) groups is 1. The Balaban J connectivity index is 1.82. The quantitative estimate of drug-likeness (QED) is 0.432. The molecule has 1 aliphatic rings. The van der Waals surface area contributed by atoms with Crippen molar-refractivity contribution in [2.75, 3.05) is 4.90 Å². The van der Waals surface area contributed by atoms with E-state index in [0.29, 0.717) is 10.1 Å². The first-order chi connectivity index (χ1) is 14.4. The van der Waals surface area contributed by atoms with E-state index in [0.717, 1.165) is 32.5 Å². The first-order valence-electron chi connectivity index (χ1n) is 9.35. The van der Waals surface area contributed by atoms with E-state index in [-0.39, 0.29) is 11.7 Å². The van der Waals surface area contributed by atoms with Crippen LogP contribution in [0.4, 0.5) is 11.4 Å². The third-order valence-electron chi connectivity index (χ3n) is 4.56. The van der Waals surface area contributed by atoms with Crippen LogP contribution in [-0.4, -0.2) is 16.2 Å². The summed E-state index contributed by atoms with van der Waals surface area (Å²) in [6.07, 6.45) is 1.78. The molecule has 1 aliphatic heterocycles. The Morgan fingerprint density at radius 2 is 1.73 bits per heavy atom. The largest absolute Gasteiger partial charge is 0.508 e. The molecule has 3 aromatic rings. The number of amides is 1. The third-order valence-corrected chi connectivity index (χ3v) is 6.25. The molecular weight excluding hydrogens is 460 g/mol. The van der Waals surface area contributed by atoms with Crippen LogP contribution >= 0.6 is 27.7 Å². The summed E-state index contributed by atoms with van der Waals surface area (Å²) in [6, 6.07) is 20.7. The summed E-state index contributed by atoms with van der Waals surface area (Å²) in [4.78, 5) is 20.3. The van der Waals surface area contributed by atoms with Gasteiger partial charge in [0, 0.05) is 4.47 Å². The fourth-order valence-corrected chi connectivity index (χ4v) is 4.49. The van der Waals surface area contributed by atoms with Gasteiger partial charge in [-0.2, -0.15) is 0 Å². The minimum atomic E-state index is -0.146. The van der Waals surface area contributed by atoms with Crippen LogP contribution in [0.1, 0.15) is 16.7 Å². The summed E-state index contributed by atoms with van der Waals surface area (Å²) >= 11 is 4.81. The van der Waals surface area contributed by atoms with Crippen LogP contribution in [0.15, 0.2) is 81.1 Å². The molecule has 150 valence electrons. The fraction of sp³-hybridized carbons (Fsp3) is 0.0833. The van der Waals surface area contributed by atoms with Crippen molar-refractivity contribution in [3.63, 3.8) is 0 Å². The van der Waals surface area contributed by atoms with Crippen molar-refractivity contribution >= 4 is 56.2 Å². The van der Waals surface area contributed by atoms with Gasteiger partial charge in [0.25, 0.3) is 5.91 Å². The molecule has 0 atom stereocenters. The van der Waals surface area contributed by atoms with Gasteiger partial charge in [0.15, 0.2) is 5.17 Å². The molecule has 4 nitrogen and oxygen atoms in total. The maximum atomic E-state index is 13.4. The highest BCUT2D eigenvalue weighted by atomic mass is 79.9. The van der Waals surface area contributed by atoms with Crippen LogP contribution in [0, 0.1) is 13.8 Å². The molecule has 0 bridgehead atoms. The zero-order chi connectivity index (χ0) is 21.3. The molecule has 0 saturated carbocycles. The van der Waals surface area contributed by atoms with E-state index in [1.807, 2.05) is 62.4 Å². The van der Waals surface area contributed by atoms with Gasteiger partial charge < -0.3 is 5.11 Å². The van der Waals surface area contributed by atoms with Crippen molar-refractivity contribution in [2.45, 2.75) is 13.8 Å². The van der Waals surface area contributed by atoms with Gasteiger partial charge in [-0.25, -0.2) is 4.99 Å². The van der Waals surface area contributed by atoms with E-state index in [4.69, 9.17) is 4.99 Å². The molecule has 0 spiro atoms. The molecule has 0 aliphatic carbocycles. The summed E-state index contributed by atoms with van der Waals surface area (Å²) < 4.78 is 0.798. The van der Waals surface area contributed by atoms with Gasteiger partial charge in [-0.1, -0.05) is 40.2 Å².